The Bertz CT molecular complexity index is 1200. The number of rotatable bonds is 3. The van der Waals surface area contributed by atoms with E-state index in [0.29, 0.717) is 11.5 Å². The summed E-state index contributed by atoms with van der Waals surface area (Å²) in [5.74, 6) is 0.492. The van der Waals surface area contributed by atoms with Crippen molar-refractivity contribution >= 4 is 28.1 Å². The molecule has 0 bridgehead atoms. The lowest BCUT2D eigenvalue weighted by molar-refractivity contribution is 0.0712. The Morgan fingerprint density at radius 2 is 1.83 bits per heavy atom. The van der Waals surface area contributed by atoms with Crippen molar-refractivity contribution in [3.63, 3.8) is 0 Å². The highest BCUT2D eigenvalue weighted by molar-refractivity contribution is 7.10. The van der Waals surface area contributed by atoms with Crippen LogP contribution in [-0.2, 0) is 0 Å². The number of likely N-dealkylation sites (tertiary alicyclic amines) is 1. The van der Waals surface area contributed by atoms with Gasteiger partial charge in [0.25, 0.3) is 5.91 Å². The van der Waals surface area contributed by atoms with Crippen molar-refractivity contribution < 1.29 is 4.79 Å². The predicted octanol–water partition coefficient (Wildman–Crippen LogP) is 5.08. The topological polar surface area (TPSA) is 59.0 Å². The van der Waals surface area contributed by atoms with Crippen molar-refractivity contribution in [3.05, 3.63) is 76.5 Å². The highest BCUT2D eigenvalue weighted by Crippen LogP contribution is 2.33. The van der Waals surface area contributed by atoms with Crippen LogP contribution < -0.4 is 0 Å². The molecule has 5 rings (SSSR count). The lowest BCUT2D eigenvalue weighted by Crippen LogP contribution is -2.38. The van der Waals surface area contributed by atoms with Crippen LogP contribution in [0.15, 0.2) is 60.2 Å². The van der Waals surface area contributed by atoms with Gasteiger partial charge in [0.1, 0.15) is 0 Å². The second-order valence-electron chi connectivity index (χ2n) is 7.69. The molecule has 1 fully saturated rings. The number of aromatic nitrogens is 3. The second-order valence-corrected chi connectivity index (χ2v) is 8.58. The molecule has 0 atom stereocenters. The monoisotopic (exact) mass is 414 g/mol. The minimum absolute atomic E-state index is 0.0841. The van der Waals surface area contributed by atoms with Gasteiger partial charge in [-0.05, 0) is 44.0 Å². The third kappa shape index (κ3) is 3.59. The Hall–Kier alpha value is -3.12. The lowest BCUT2D eigenvalue weighted by Gasteiger charge is -2.31. The van der Waals surface area contributed by atoms with E-state index in [0.717, 1.165) is 58.8 Å². The highest BCUT2D eigenvalue weighted by atomic mass is 32.1. The van der Waals surface area contributed by atoms with E-state index in [9.17, 15) is 4.79 Å². The molecular formula is C24H22N4OS. The zero-order valence-electron chi connectivity index (χ0n) is 16.8. The van der Waals surface area contributed by atoms with Gasteiger partial charge in [0, 0.05) is 47.7 Å². The van der Waals surface area contributed by atoms with E-state index in [1.807, 2.05) is 54.3 Å². The number of thiazole rings is 1. The van der Waals surface area contributed by atoms with E-state index in [1.165, 1.54) is 0 Å². The Labute approximate surface area is 179 Å². The van der Waals surface area contributed by atoms with Gasteiger partial charge in [-0.3, -0.25) is 14.8 Å². The quantitative estimate of drug-likeness (QED) is 0.469. The molecule has 0 radical (unpaired) electrons. The molecule has 150 valence electrons. The van der Waals surface area contributed by atoms with Crippen molar-refractivity contribution in [3.8, 4) is 11.3 Å². The number of amides is 1. The van der Waals surface area contributed by atoms with Gasteiger partial charge < -0.3 is 4.90 Å². The average Bonchev–Trinajstić information content (AvgIpc) is 3.29. The second kappa shape index (κ2) is 7.95. The molecule has 0 spiro atoms. The maximum Gasteiger partial charge on any atom is 0.255 e. The molecule has 6 heteroatoms. The van der Waals surface area contributed by atoms with E-state index in [-0.39, 0.29) is 5.91 Å². The number of fused-ring (bicyclic) bond motifs is 1. The van der Waals surface area contributed by atoms with Crippen LogP contribution in [-0.4, -0.2) is 38.8 Å². The van der Waals surface area contributed by atoms with E-state index < -0.39 is 0 Å². The van der Waals surface area contributed by atoms with Gasteiger partial charge in [0.15, 0.2) is 0 Å². The summed E-state index contributed by atoms with van der Waals surface area (Å²) in [7, 11) is 0. The molecule has 4 heterocycles. The molecule has 0 saturated carbocycles. The average molecular weight is 415 g/mol. The number of nitrogens with zero attached hydrogens (tertiary/aromatic N) is 4. The highest BCUT2D eigenvalue weighted by Gasteiger charge is 2.27. The van der Waals surface area contributed by atoms with Crippen molar-refractivity contribution in [1.29, 1.82) is 0 Å². The standard InChI is InChI=1S/C24H22N4OS/c1-16-20(14-19-4-2-3-5-21(19)26-16)24(29)28-12-8-18(9-13-28)23-27-22(15-30-23)17-6-10-25-11-7-17/h2-7,10-11,14-15,18H,8-9,12-13H2,1H3. The van der Waals surface area contributed by atoms with Crippen molar-refractivity contribution in [2.45, 2.75) is 25.7 Å². The third-order valence-electron chi connectivity index (χ3n) is 5.77. The first-order valence-corrected chi connectivity index (χ1v) is 11.1. The Morgan fingerprint density at radius 3 is 2.63 bits per heavy atom. The SMILES string of the molecule is Cc1nc2ccccc2cc1C(=O)N1CCC(c2nc(-c3ccncc3)cs2)CC1. The molecule has 4 aromatic rings. The zero-order chi connectivity index (χ0) is 20.5. The summed E-state index contributed by atoms with van der Waals surface area (Å²) in [5, 5.41) is 4.29. The van der Waals surface area contributed by atoms with Gasteiger partial charge in [-0.1, -0.05) is 18.2 Å². The van der Waals surface area contributed by atoms with Crippen molar-refractivity contribution in [2.75, 3.05) is 13.1 Å². The molecule has 1 amide bonds. The maximum atomic E-state index is 13.2. The normalized spacial score (nSPS) is 14.9. The number of pyridine rings is 2. The fourth-order valence-electron chi connectivity index (χ4n) is 4.06. The largest absolute Gasteiger partial charge is 0.339 e. The molecule has 0 N–H and O–H groups in total. The first-order chi connectivity index (χ1) is 14.7. The van der Waals surface area contributed by atoms with E-state index >= 15 is 0 Å². The van der Waals surface area contributed by atoms with Gasteiger partial charge in [0.2, 0.25) is 0 Å². The Balaban J connectivity index is 1.29. The van der Waals surface area contributed by atoms with Crippen LogP contribution in [0.3, 0.4) is 0 Å². The zero-order valence-corrected chi connectivity index (χ0v) is 17.6. The molecule has 0 unspecified atom stereocenters. The summed E-state index contributed by atoms with van der Waals surface area (Å²) in [6, 6.07) is 13.9. The fraction of sp³-hybridized carbons (Fsp3) is 0.250. The lowest BCUT2D eigenvalue weighted by atomic mass is 9.96. The summed E-state index contributed by atoms with van der Waals surface area (Å²) >= 11 is 1.72. The number of aryl methyl sites for hydroxylation is 1. The van der Waals surface area contributed by atoms with Crippen LogP contribution >= 0.6 is 11.3 Å². The number of para-hydroxylation sites is 1. The Morgan fingerprint density at radius 1 is 1.07 bits per heavy atom. The van der Waals surface area contributed by atoms with Crippen LogP contribution in [0.4, 0.5) is 0 Å². The van der Waals surface area contributed by atoms with Gasteiger partial charge in [-0.2, -0.15) is 0 Å². The number of piperidine rings is 1. The van der Waals surface area contributed by atoms with Gasteiger partial charge in [-0.25, -0.2) is 4.98 Å². The van der Waals surface area contributed by atoms with Crippen LogP contribution in [0.2, 0.25) is 0 Å². The molecular weight excluding hydrogens is 392 g/mol. The van der Waals surface area contributed by atoms with Crippen LogP contribution in [0, 0.1) is 6.92 Å². The summed E-state index contributed by atoms with van der Waals surface area (Å²) in [6.07, 6.45) is 5.47. The van der Waals surface area contributed by atoms with E-state index in [2.05, 4.69) is 15.3 Å². The summed E-state index contributed by atoms with van der Waals surface area (Å²) < 4.78 is 0. The number of carbonyl (C=O) groups excluding carboxylic acids is 1. The summed E-state index contributed by atoms with van der Waals surface area (Å²) in [5.41, 5.74) is 4.54. The maximum absolute atomic E-state index is 13.2. The van der Waals surface area contributed by atoms with Crippen molar-refractivity contribution in [2.24, 2.45) is 0 Å². The predicted molar refractivity (Wildman–Crippen MR) is 120 cm³/mol. The van der Waals surface area contributed by atoms with Gasteiger partial charge in [-0.15, -0.1) is 11.3 Å². The molecule has 0 aliphatic carbocycles. The third-order valence-corrected chi connectivity index (χ3v) is 6.78. The molecule has 1 saturated heterocycles. The molecule has 1 aromatic carbocycles. The Kier molecular flexibility index (Phi) is 5.01. The van der Waals surface area contributed by atoms with Gasteiger partial charge >= 0.3 is 0 Å². The molecule has 3 aromatic heterocycles. The van der Waals surface area contributed by atoms with Crippen LogP contribution in [0.1, 0.15) is 39.8 Å². The number of benzene rings is 1. The van der Waals surface area contributed by atoms with Crippen LogP contribution in [0.5, 0.6) is 0 Å². The first-order valence-electron chi connectivity index (χ1n) is 10.2. The van der Waals surface area contributed by atoms with Gasteiger partial charge in [0.05, 0.1) is 27.5 Å². The summed E-state index contributed by atoms with van der Waals surface area (Å²) in [4.78, 5) is 28.7. The minimum Gasteiger partial charge on any atom is -0.339 e. The molecule has 5 nitrogen and oxygen atoms in total. The first kappa shape index (κ1) is 18.9. The summed E-state index contributed by atoms with van der Waals surface area (Å²) in [6.45, 7) is 3.42. The molecule has 1 aliphatic heterocycles. The molecule has 1 aliphatic rings. The van der Waals surface area contributed by atoms with E-state index in [4.69, 9.17) is 4.98 Å². The molecule has 30 heavy (non-hydrogen) atoms. The van der Waals surface area contributed by atoms with E-state index in [1.54, 1.807) is 23.7 Å². The number of carbonyl (C=O) groups is 1. The van der Waals surface area contributed by atoms with Crippen LogP contribution in [0.25, 0.3) is 22.2 Å². The smallest absolute Gasteiger partial charge is 0.255 e. The van der Waals surface area contributed by atoms with Crippen molar-refractivity contribution in [1.82, 2.24) is 19.9 Å². The fourth-order valence-corrected chi connectivity index (χ4v) is 5.06. The minimum atomic E-state index is 0.0841. The number of hydrogen-bond acceptors (Lipinski definition) is 5. The number of hydrogen-bond donors (Lipinski definition) is 0.